The van der Waals surface area contributed by atoms with E-state index in [4.69, 9.17) is 5.73 Å². The van der Waals surface area contributed by atoms with Gasteiger partial charge in [-0.3, -0.25) is 13.9 Å². The van der Waals surface area contributed by atoms with Gasteiger partial charge in [0.1, 0.15) is 0 Å². The monoisotopic (exact) mass is 411 g/mol. The molecule has 1 fully saturated rings. The molecular weight excluding hydrogens is 386 g/mol. The molecule has 1 saturated heterocycles. The number of primary amides is 1. The molecule has 0 atom stereocenters. The lowest BCUT2D eigenvalue weighted by Gasteiger charge is -2.39. The zero-order chi connectivity index (χ0) is 20.2. The summed E-state index contributed by atoms with van der Waals surface area (Å²) in [7, 11) is -2.43. The summed E-state index contributed by atoms with van der Waals surface area (Å²) in [5, 5.41) is 4.37. The molecule has 3 heterocycles. The number of fused-ring (bicyclic) bond motifs is 2. The average molecular weight is 412 g/mol. The van der Waals surface area contributed by atoms with Gasteiger partial charge in [-0.25, -0.2) is 0 Å². The molecule has 7 heteroatoms. The molecule has 6 N–H and O–H groups in total. The maximum atomic E-state index is 12.2. The van der Waals surface area contributed by atoms with E-state index in [-0.39, 0.29) is 5.92 Å². The first-order chi connectivity index (χ1) is 13.9. The summed E-state index contributed by atoms with van der Waals surface area (Å²) in [5.74, 6) is 0.657. The molecule has 29 heavy (non-hydrogen) atoms. The Kier molecular flexibility index (Phi) is 4.34. The van der Waals surface area contributed by atoms with Crippen LogP contribution in [0.1, 0.15) is 40.2 Å². The van der Waals surface area contributed by atoms with Crippen LogP contribution in [0.25, 0.3) is 22.0 Å². The number of nitrogens with one attached hydrogen (secondary N) is 2. The highest BCUT2D eigenvalue weighted by Gasteiger charge is 2.27. The van der Waals surface area contributed by atoms with E-state index in [1.807, 2.05) is 12.3 Å². The summed E-state index contributed by atoms with van der Waals surface area (Å²) in [4.78, 5) is 15.4. The molecule has 5 rings (SSSR count). The molecule has 2 aliphatic rings. The predicted octanol–water partition coefficient (Wildman–Crippen LogP) is 4.53. The summed E-state index contributed by atoms with van der Waals surface area (Å²) in [6.07, 6.45) is 4.42. The van der Waals surface area contributed by atoms with Crippen molar-refractivity contribution < 1.29 is 13.9 Å². The normalized spacial score (nSPS) is 19.7. The lowest BCUT2D eigenvalue weighted by molar-refractivity contribution is 0.100. The average Bonchev–Trinajstić information content (AvgIpc) is 3.33. The topological polar surface area (TPSA) is 111 Å². The van der Waals surface area contributed by atoms with Crippen LogP contribution in [0.5, 0.6) is 0 Å². The van der Waals surface area contributed by atoms with Crippen molar-refractivity contribution in [1.29, 1.82) is 0 Å². The number of nitrogens with two attached hydrogens (primary N) is 1. The largest absolute Gasteiger partial charge is 0.384 e. The van der Waals surface area contributed by atoms with Gasteiger partial charge in [-0.2, -0.15) is 10.6 Å². The van der Waals surface area contributed by atoms with Crippen molar-refractivity contribution in [2.75, 3.05) is 23.4 Å². The SMILES string of the molecule is NC(=O)c1cc(-c2ccc3c(c2)CCN3)cc2c(C3CCS(O)(O)CC3)c[nH]c12. The van der Waals surface area contributed by atoms with Gasteiger partial charge >= 0.3 is 0 Å². The molecule has 6 nitrogen and oxygen atoms in total. The highest BCUT2D eigenvalue weighted by molar-refractivity contribution is 8.24. The summed E-state index contributed by atoms with van der Waals surface area (Å²) >= 11 is 0. The third-order valence-electron chi connectivity index (χ3n) is 6.26. The predicted molar refractivity (Wildman–Crippen MR) is 119 cm³/mol. The van der Waals surface area contributed by atoms with Crippen LogP contribution in [-0.4, -0.2) is 38.0 Å². The van der Waals surface area contributed by atoms with Crippen LogP contribution in [0.3, 0.4) is 0 Å². The van der Waals surface area contributed by atoms with Gasteiger partial charge in [0.2, 0.25) is 0 Å². The molecule has 0 bridgehead atoms. The van der Waals surface area contributed by atoms with Crippen LogP contribution < -0.4 is 11.1 Å². The quantitative estimate of drug-likeness (QED) is 0.436. The molecule has 152 valence electrons. The number of hydrogen-bond acceptors (Lipinski definition) is 4. The van der Waals surface area contributed by atoms with E-state index in [9.17, 15) is 13.9 Å². The Morgan fingerprint density at radius 2 is 1.90 bits per heavy atom. The minimum absolute atomic E-state index is 0.240. The van der Waals surface area contributed by atoms with Crippen LogP contribution >= 0.6 is 10.6 Å². The van der Waals surface area contributed by atoms with E-state index >= 15 is 0 Å². The molecular formula is C22H25N3O3S. The second-order valence-corrected chi connectivity index (χ2v) is 10.5. The molecule has 0 saturated carbocycles. The highest BCUT2D eigenvalue weighted by atomic mass is 32.3. The molecule has 0 radical (unpaired) electrons. The third kappa shape index (κ3) is 3.29. The van der Waals surface area contributed by atoms with Gasteiger partial charge < -0.3 is 16.0 Å². The first kappa shape index (κ1) is 18.5. The Hall–Kier alpha value is -2.48. The van der Waals surface area contributed by atoms with Crippen molar-refractivity contribution in [3.63, 3.8) is 0 Å². The Morgan fingerprint density at radius 3 is 2.66 bits per heavy atom. The van der Waals surface area contributed by atoms with Crippen molar-refractivity contribution in [3.8, 4) is 11.1 Å². The molecule has 2 aromatic carbocycles. The molecule has 1 amide bonds. The number of amides is 1. The second-order valence-electron chi connectivity index (χ2n) is 8.09. The van der Waals surface area contributed by atoms with Gasteiger partial charge in [-0.05, 0) is 71.7 Å². The van der Waals surface area contributed by atoms with Crippen molar-refractivity contribution in [3.05, 3.63) is 53.2 Å². The number of benzene rings is 2. The number of carbonyl (C=O) groups is 1. The molecule has 1 aromatic heterocycles. The maximum absolute atomic E-state index is 12.2. The standard InChI is InChI=1S/C22H25N3O3S/c23-22(26)18-11-16(14-1-2-20-15(9-14)3-6-24-20)10-17-19(12-25-21(17)18)13-4-7-29(27,28)8-5-13/h1-2,9-13,24-25,27-28H,3-8H2,(H2,23,26). The Bertz CT molecular complexity index is 1110. The van der Waals surface area contributed by atoms with Gasteiger partial charge in [-0.1, -0.05) is 6.07 Å². The van der Waals surface area contributed by atoms with E-state index in [1.54, 1.807) is 0 Å². The third-order valence-corrected chi connectivity index (χ3v) is 8.04. The number of H-pyrrole nitrogens is 1. The van der Waals surface area contributed by atoms with Gasteiger partial charge in [0.25, 0.3) is 5.91 Å². The Morgan fingerprint density at radius 1 is 1.10 bits per heavy atom. The number of hydrogen-bond donors (Lipinski definition) is 5. The number of anilines is 1. The molecule has 0 aliphatic carbocycles. The molecule has 0 unspecified atom stereocenters. The van der Waals surface area contributed by atoms with Crippen LogP contribution in [-0.2, 0) is 6.42 Å². The van der Waals surface area contributed by atoms with E-state index in [0.717, 1.165) is 53.4 Å². The molecule has 3 aromatic rings. The fraction of sp³-hybridized carbons (Fsp3) is 0.318. The van der Waals surface area contributed by atoms with Crippen molar-refractivity contribution in [2.45, 2.75) is 25.2 Å². The van der Waals surface area contributed by atoms with E-state index in [2.05, 4.69) is 34.6 Å². The lowest BCUT2D eigenvalue weighted by atomic mass is 9.90. The van der Waals surface area contributed by atoms with Crippen LogP contribution in [0.15, 0.2) is 36.5 Å². The second kappa shape index (κ2) is 6.79. The minimum atomic E-state index is -2.43. The van der Waals surface area contributed by atoms with Crippen LogP contribution in [0.4, 0.5) is 5.69 Å². The van der Waals surface area contributed by atoms with Gasteiger partial charge in [0.15, 0.2) is 0 Å². The summed E-state index contributed by atoms with van der Waals surface area (Å²) in [6.45, 7) is 0.952. The summed E-state index contributed by atoms with van der Waals surface area (Å²) in [5.41, 5.74) is 12.6. The van der Waals surface area contributed by atoms with Crippen molar-refractivity contribution in [1.82, 2.24) is 4.98 Å². The first-order valence-corrected chi connectivity index (χ1v) is 11.9. The molecule has 2 aliphatic heterocycles. The smallest absolute Gasteiger partial charge is 0.250 e. The molecule has 0 spiro atoms. The van der Waals surface area contributed by atoms with Crippen LogP contribution in [0.2, 0.25) is 0 Å². The van der Waals surface area contributed by atoms with E-state index < -0.39 is 16.5 Å². The number of rotatable bonds is 3. The zero-order valence-electron chi connectivity index (χ0n) is 16.1. The summed E-state index contributed by atoms with van der Waals surface area (Å²) < 4.78 is 19.9. The Balaban J connectivity index is 1.62. The number of carbonyl (C=O) groups excluding carboxylic acids is 1. The summed E-state index contributed by atoms with van der Waals surface area (Å²) in [6, 6.07) is 10.3. The van der Waals surface area contributed by atoms with E-state index in [1.165, 1.54) is 11.3 Å². The van der Waals surface area contributed by atoms with Crippen molar-refractivity contribution >= 4 is 33.1 Å². The van der Waals surface area contributed by atoms with Crippen molar-refractivity contribution in [2.24, 2.45) is 5.73 Å². The van der Waals surface area contributed by atoms with Gasteiger partial charge in [-0.15, -0.1) is 0 Å². The van der Waals surface area contributed by atoms with Crippen LogP contribution in [0, 0.1) is 0 Å². The van der Waals surface area contributed by atoms with E-state index in [0.29, 0.717) is 17.1 Å². The fourth-order valence-electron chi connectivity index (χ4n) is 4.66. The highest BCUT2D eigenvalue weighted by Crippen LogP contribution is 2.49. The number of aromatic nitrogens is 1. The Labute approximate surface area is 170 Å². The lowest BCUT2D eigenvalue weighted by Crippen LogP contribution is -2.19. The first-order valence-electron chi connectivity index (χ1n) is 9.97. The number of aromatic amines is 1. The zero-order valence-corrected chi connectivity index (χ0v) is 16.9. The van der Waals surface area contributed by atoms with Gasteiger partial charge in [0.05, 0.1) is 11.1 Å². The maximum Gasteiger partial charge on any atom is 0.250 e. The van der Waals surface area contributed by atoms with Gasteiger partial charge in [0, 0.05) is 35.3 Å². The fourth-order valence-corrected chi connectivity index (χ4v) is 6.18. The minimum Gasteiger partial charge on any atom is -0.384 e.